The van der Waals surface area contributed by atoms with Crippen LogP contribution in [0.2, 0.25) is 0 Å². The molecule has 1 aromatic carbocycles. The van der Waals surface area contributed by atoms with Gasteiger partial charge in [0.15, 0.2) is 5.03 Å². The molecular formula is C12H18N4O5S. The van der Waals surface area contributed by atoms with Gasteiger partial charge in [0.05, 0.1) is 12.8 Å². The second kappa shape index (κ2) is 7.80. The summed E-state index contributed by atoms with van der Waals surface area (Å²) in [4.78, 5) is 21.9. The fourth-order valence-corrected chi connectivity index (χ4v) is 2.40. The van der Waals surface area contributed by atoms with Crippen LogP contribution < -0.4 is 9.73 Å². The number of hydrazine groups is 1. The number of hydrogen-bond acceptors (Lipinski definition) is 6. The maximum absolute atomic E-state index is 11.1. The Hall–Kier alpha value is -2.07. The maximum Gasteiger partial charge on any atom is 0.208 e. The van der Waals surface area contributed by atoms with E-state index in [0.29, 0.717) is 12.0 Å². The summed E-state index contributed by atoms with van der Waals surface area (Å²) in [5.74, 6) is 0. The highest BCUT2D eigenvalue weighted by atomic mass is 32.2. The van der Waals surface area contributed by atoms with E-state index in [-0.39, 0.29) is 24.5 Å². The van der Waals surface area contributed by atoms with Gasteiger partial charge in [-0.3, -0.25) is 0 Å². The highest BCUT2D eigenvalue weighted by Gasteiger charge is 2.19. The number of nitrogens with zero attached hydrogens (tertiary/aromatic N) is 3. The Morgan fingerprint density at radius 2 is 2.09 bits per heavy atom. The van der Waals surface area contributed by atoms with E-state index in [4.69, 9.17) is 0 Å². The molecule has 0 amide bonds. The average molecular weight is 330 g/mol. The summed E-state index contributed by atoms with van der Waals surface area (Å²) in [5.41, 5.74) is 1.15. The van der Waals surface area contributed by atoms with Gasteiger partial charge in [-0.25, -0.2) is 23.3 Å². The van der Waals surface area contributed by atoms with Gasteiger partial charge in [-0.1, -0.05) is 18.4 Å². The molecule has 0 aliphatic heterocycles. The smallest absolute Gasteiger partial charge is 0.208 e. The van der Waals surface area contributed by atoms with Crippen LogP contribution >= 0.6 is 0 Å². The fourth-order valence-electron chi connectivity index (χ4n) is 1.93. The zero-order chi connectivity index (χ0) is 16.8. The van der Waals surface area contributed by atoms with Crippen LogP contribution in [-0.2, 0) is 16.4 Å². The Morgan fingerprint density at radius 3 is 2.59 bits per heavy atom. The minimum absolute atomic E-state index is 0.101. The molecule has 22 heavy (non-hydrogen) atoms. The molecule has 0 aliphatic rings. The SMILES string of the molecule is CCCc1cc(N(CCNS(C)(=O)=O)[N+](=O)[O-])ccc1N=O. The second-order valence-corrected chi connectivity index (χ2v) is 6.51. The number of benzene rings is 1. The predicted octanol–water partition coefficient (Wildman–Crippen LogP) is 1.58. The van der Waals surface area contributed by atoms with Crippen molar-refractivity contribution in [3.8, 4) is 0 Å². The van der Waals surface area contributed by atoms with E-state index in [1.165, 1.54) is 18.2 Å². The minimum Gasteiger partial charge on any atom is -0.234 e. The lowest BCUT2D eigenvalue weighted by atomic mass is 10.1. The number of nitroso groups, excluding NO2 is 1. The summed E-state index contributed by atoms with van der Waals surface area (Å²) in [7, 11) is -3.41. The van der Waals surface area contributed by atoms with Crippen LogP contribution in [0.3, 0.4) is 0 Å². The summed E-state index contributed by atoms with van der Waals surface area (Å²) < 4.78 is 24.2. The quantitative estimate of drug-likeness (QED) is 0.417. The molecule has 122 valence electrons. The van der Waals surface area contributed by atoms with Crippen molar-refractivity contribution in [1.82, 2.24) is 4.72 Å². The van der Waals surface area contributed by atoms with Gasteiger partial charge >= 0.3 is 0 Å². The molecule has 0 atom stereocenters. The Bertz CT molecular complexity index is 647. The van der Waals surface area contributed by atoms with Crippen molar-refractivity contribution in [3.63, 3.8) is 0 Å². The van der Waals surface area contributed by atoms with E-state index in [0.717, 1.165) is 17.7 Å². The number of nitro groups is 1. The number of hydrogen-bond donors (Lipinski definition) is 1. The van der Waals surface area contributed by atoms with Gasteiger partial charge in [-0.2, -0.15) is 0 Å². The Labute approximate surface area is 128 Å². The van der Waals surface area contributed by atoms with Gasteiger partial charge in [0, 0.05) is 6.54 Å². The van der Waals surface area contributed by atoms with E-state index in [9.17, 15) is 23.4 Å². The molecule has 0 saturated carbocycles. The van der Waals surface area contributed by atoms with Crippen LogP contribution in [0.4, 0.5) is 11.4 Å². The van der Waals surface area contributed by atoms with E-state index in [1.54, 1.807) is 0 Å². The summed E-state index contributed by atoms with van der Waals surface area (Å²) in [6.07, 6.45) is 2.32. The molecule has 0 spiro atoms. The molecule has 0 aliphatic carbocycles. The molecule has 0 bridgehead atoms. The third-order valence-corrected chi connectivity index (χ3v) is 3.59. The second-order valence-electron chi connectivity index (χ2n) is 4.68. The number of anilines is 1. The van der Waals surface area contributed by atoms with Crippen molar-refractivity contribution in [2.75, 3.05) is 24.4 Å². The molecule has 0 fully saturated rings. The summed E-state index contributed by atoms with van der Waals surface area (Å²) in [5, 5.41) is 14.3. The van der Waals surface area contributed by atoms with E-state index < -0.39 is 15.1 Å². The van der Waals surface area contributed by atoms with E-state index in [1.807, 2.05) is 6.92 Å². The van der Waals surface area contributed by atoms with Gasteiger partial charge in [0.25, 0.3) is 0 Å². The number of sulfonamides is 1. The van der Waals surface area contributed by atoms with Crippen molar-refractivity contribution in [2.24, 2.45) is 5.18 Å². The lowest BCUT2D eigenvalue weighted by molar-refractivity contribution is -0.494. The largest absolute Gasteiger partial charge is 0.234 e. The minimum atomic E-state index is -3.41. The Balaban J connectivity index is 2.98. The first kappa shape index (κ1) is 18.0. The Kier molecular flexibility index (Phi) is 6.38. The maximum atomic E-state index is 11.1. The molecule has 0 heterocycles. The normalized spacial score (nSPS) is 11.2. The third kappa shape index (κ3) is 5.37. The van der Waals surface area contributed by atoms with Crippen molar-refractivity contribution in [3.05, 3.63) is 38.8 Å². The number of nitrogens with one attached hydrogen (secondary N) is 1. The van der Waals surface area contributed by atoms with Gasteiger partial charge in [-0.05, 0) is 35.4 Å². The van der Waals surface area contributed by atoms with Crippen molar-refractivity contribution >= 4 is 21.4 Å². The molecule has 10 heteroatoms. The van der Waals surface area contributed by atoms with E-state index >= 15 is 0 Å². The van der Waals surface area contributed by atoms with Crippen molar-refractivity contribution in [1.29, 1.82) is 0 Å². The van der Waals surface area contributed by atoms with Gasteiger partial charge in [0.2, 0.25) is 10.0 Å². The predicted molar refractivity (Wildman–Crippen MR) is 83.1 cm³/mol. The molecular weight excluding hydrogens is 312 g/mol. The van der Waals surface area contributed by atoms with Crippen LogP contribution in [-0.4, -0.2) is 32.8 Å². The molecule has 1 aromatic rings. The molecule has 9 nitrogen and oxygen atoms in total. The zero-order valence-electron chi connectivity index (χ0n) is 12.4. The van der Waals surface area contributed by atoms with Crippen LogP contribution in [0.15, 0.2) is 23.4 Å². The van der Waals surface area contributed by atoms with Crippen LogP contribution in [0, 0.1) is 15.0 Å². The van der Waals surface area contributed by atoms with Gasteiger partial charge in [-0.15, -0.1) is 4.91 Å². The summed E-state index contributed by atoms with van der Waals surface area (Å²) in [6.45, 7) is 1.68. The first-order chi connectivity index (χ1) is 10.3. The van der Waals surface area contributed by atoms with Gasteiger partial charge < -0.3 is 0 Å². The molecule has 0 aromatic heterocycles. The first-order valence-electron chi connectivity index (χ1n) is 6.61. The molecule has 0 saturated heterocycles. The third-order valence-electron chi connectivity index (χ3n) is 2.86. The standard InChI is InChI=1S/C12H18N4O5S/c1-3-4-10-9-11(5-6-12(10)14-17)15(16(18)19)8-7-13-22(2,20)21/h5-6,9,13H,3-4,7-8H2,1-2H3. The first-order valence-corrected chi connectivity index (χ1v) is 8.50. The lowest BCUT2D eigenvalue weighted by Gasteiger charge is -2.15. The highest BCUT2D eigenvalue weighted by molar-refractivity contribution is 7.88. The highest BCUT2D eigenvalue weighted by Crippen LogP contribution is 2.26. The summed E-state index contributed by atoms with van der Waals surface area (Å²) in [6, 6.07) is 4.37. The van der Waals surface area contributed by atoms with Crippen LogP contribution in [0.5, 0.6) is 0 Å². The Morgan fingerprint density at radius 1 is 1.41 bits per heavy atom. The summed E-state index contributed by atoms with van der Waals surface area (Å²) >= 11 is 0. The lowest BCUT2D eigenvalue weighted by Crippen LogP contribution is -2.38. The number of rotatable bonds is 9. The monoisotopic (exact) mass is 330 g/mol. The average Bonchev–Trinajstić information content (AvgIpc) is 2.42. The van der Waals surface area contributed by atoms with Crippen molar-refractivity contribution < 1.29 is 13.5 Å². The topological polar surface area (TPSA) is 122 Å². The molecule has 0 unspecified atom stereocenters. The van der Waals surface area contributed by atoms with Gasteiger partial charge in [0.1, 0.15) is 11.4 Å². The van der Waals surface area contributed by atoms with E-state index in [2.05, 4.69) is 9.90 Å². The fraction of sp³-hybridized carbons (Fsp3) is 0.500. The van der Waals surface area contributed by atoms with Crippen LogP contribution in [0.1, 0.15) is 18.9 Å². The molecule has 1 N–H and O–H groups in total. The van der Waals surface area contributed by atoms with Crippen molar-refractivity contribution in [2.45, 2.75) is 19.8 Å². The molecule has 1 rings (SSSR count). The number of aryl methyl sites for hydroxylation is 1. The molecule has 0 radical (unpaired) electrons. The van der Waals surface area contributed by atoms with Crippen LogP contribution in [0.25, 0.3) is 0 Å². The zero-order valence-corrected chi connectivity index (χ0v) is 13.2.